The Hall–Kier alpha value is -0.900. The third kappa shape index (κ3) is 2.44. The minimum atomic E-state index is 0.533. The number of hydrogen-bond donors (Lipinski definition) is 1. The fourth-order valence-corrected chi connectivity index (χ4v) is 3.52. The molecule has 0 spiro atoms. The summed E-state index contributed by atoms with van der Waals surface area (Å²) in [5.41, 5.74) is 1.42. The van der Waals surface area contributed by atoms with Crippen LogP contribution in [0.4, 0.5) is 0 Å². The van der Waals surface area contributed by atoms with Crippen LogP contribution in [0, 0.1) is 5.92 Å². The number of thiophene rings is 1. The van der Waals surface area contributed by atoms with E-state index in [2.05, 4.69) is 41.9 Å². The summed E-state index contributed by atoms with van der Waals surface area (Å²) in [6.45, 7) is 5.08. The molecular weight excluding hydrogens is 242 g/mol. The Morgan fingerprint density at radius 3 is 3.17 bits per heavy atom. The molecule has 1 aromatic carbocycles. The molecular formula is C15H19NOS. The number of nitrogens with one attached hydrogen (secondary N) is 1. The molecule has 1 aliphatic rings. The number of rotatable bonds is 4. The summed E-state index contributed by atoms with van der Waals surface area (Å²) in [5, 5.41) is 7.31. The molecule has 0 bridgehead atoms. The van der Waals surface area contributed by atoms with Crippen molar-refractivity contribution >= 4 is 21.4 Å². The molecule has 0 aliphatic carbocycles. The van der Waals surface area contributed by atoms with Crippen LogP contribution in [0.1, 0.15) is 18.9 Å². The van der Waals surface area contributed by atoms with Crippen molar-refractivity contribution in [3.8, 4) is 0 Å². The Labute approximate surface area is 112 Å². The maximum absolute atomic E-state index is 5.45. The summed E-state index contributed by atoms with van der Waals surface area (Å²) in [5.74, 6) is 0.676. The van der Waals surface area contributed by atoms with E-state index in [1.165, 1.54) is 22.1 Å². The van der Waals surface area contributed by atoms with E-state index in [4.69, 9.17) is 4.74 Å². The predicted molar refractivity (Wildman–Crippen MR) is 77.1 cm³/mol. The van der Waals surface area contributed by atoms with Gasteiger partial charge in [-0.25, -0.2) is 0 Å². The van der Waals surface area contributed by atoms with E-state index in [-0.39, 0.29) is 0 Å². The lowest BCUT2D eigenvalue weighted by Crippen LogP contribution is -2.33. The highest BCUT2D eigenvalue weighted by molar-refractivity contribution is 7.17. The Kier molecular flexibility index (Phi) is 3.64. The van der Waals surface area contributed by atoms with Gasteiger partial charge in [0.25, 0.3) is 0 Å². The molecule has 0 saturated carbocycles. The molecule has 2 unspecified atom stereocenters. The Bertz CT molecular complexity index is 516. The summed E-state index contributed by atoms with van der Waals surface area (Å²) < 4.78 is 6.83. The molecule has 18 heavy (non-hydrogen) atoms. The molecule has 1 aliphatic heterocycles. The molecule has 1 N–H and O–H groups in total. The van der Waals surface area contributed by atoms with Crippen LogP contribution in [0.25, 0.3) is 10.1 Å². The molecule has 2 atom stereocenters. The zero-order valence-electron chi connectivity index (χ0n) is 10.7. The summed E-state index contributed by atoms with van der Waals surface area (Å²) >= 11 is 1.83. The first-order chi connectivity index (χ1) is 8.84. The van der Waals surface area contributed by atoms with E-state index in [1.54, 1.807) is 0 Å². The van der Waals surface area contributed by atoms with Crippen LogP contribution in [-0.4, -0.2) is 19.3 Å². The largest absolute Gasteiger partial charge is 0.381 e. The van der Waals surface area contributed by atoms with Gasteiger partial charge in [0.1, 0.15) is 0 Å². The van der Waals surface area contributed by atoms with Crippen LogP contribution in [0.3, 0.4) is 0 Å². The second-order valence-electron chi connectivity index (χ2n) is 5.05. The van der Waals surface area contributed by atoms with Crippen LogP contribution in [-0.2, 0) is 11.3 Å². The first-order valence-electron chi connectivity index (χ1n) is 6.61. The number of hydrogen-bond acceptors (Lipinski definition) is 3. The van der Waals surface area contributed by atoms with E-state index in [1.807, 2.05) is 11.3 Å². The van der Waals surface area contributed by atoms with Gasteiger partial charge in [-0.3, -0.25) is 0 Å². The lowest BCUT2D eigenvalue weighted by Gasteiger charge is -2.19. The SMILES string of the molecule is CC(NCc1csc2ccccc12)C1CCOC1. The summed E-state index contributed by atoms with van der Waals surface area (Å²) in [4.78, 5) is 0. The normalized spacial score (nSPS) is 21.5. The van der Waals surface area contributed by atoms with Gasteiger partial charge in [-0.15, -0.1) is 11.3 Å². The van der Waals surface area contributed by atoms with Gasteiger partial charge in [0.2, 0.25) is 0 Å². The van der Waals surface area contributed by atoms with Gasteiger partial charge in [-0.1, -0.05) is 18.2 Å². The van der Waals surface area contributed by atoms with Crippen molar-refractivity contribution in [2.24, 2.45) is 5.92 Å². The monoisotopic (exact) mass is 261 g/mol. The average molecular weight is 261 g/mol. The van der Waals surface area contributed by atoms with Crippen molar-refractivity contribution in [2.45, 2.75) is 25.9 Å². The fraction of sp³-hybridized carbons (Fsp3) is 0.467. The van der Waals surface area contributed by atoms with E-state index < -0.39 is 0 Å². The predicted octanol–water partition coefficient (Wildman–Crippen LogP) is 3.42. The third-order valence-corrected chi connectivity index (χ3v) is 4.86. The second kappa shape index (κ2) is 5.39. The molecule has 96 valence electrons. The molecule has 2 heterocycles. The molecule has 1 fully saturated rings. The van der Waals surface area contributed by atoms with Gasteiger partial charge in [0, 0.05) is 23.9 Å². The molecule has 3 rings (SSSR count). The van der Waals surface area contributed by atoms with E-state index in [9.17, 15) is 0 Å². The van der Waals surface area contributed by atoms with Crippen LogP contribution >= 0.6 is 11.3 Å². The first kappa shape index (κ1) is 12.2. The lowest BCUT2D eigenvalue weighted by molar-refractivity contribution is 0.178. The molecule has 3 heteroatoms. The Morgan fingerprint density at radius 1 is 1.44 bits per heavy atom. The minimum absolute atomic E-state index is 0.533. The van der Waals surface area contributed by atoms with Gasteiger partial charge in [-0.05, 0) is 41.7 Å². The number of benzene rings is 1. The Balaban J connectivity index is 1.65. The second-order valence-corrected chi connectivity index (χ2v) is 5.96. The smallest absolute Gasteiger partial charge is 0.0509 e. The maximum Gasteiger partial charge on any atom is 0.0509 e. The van der Waals surface area contributed by atoms with E-state index >= 15 is 0 Å². The van der Waals surface area contributed by atoms with Crippen molar-refractivity contribution in [1.29, 1.82) is 0 Å². The number of ether oxygens (including phenoxy) is 1. The highest BCUT2D eigenvalue weighted by Crippen LogP contribution is 2.26. The molecule has 1 aromatic heterocycles. The van der Waals surface area contributed by atoms with Gasteiger partial charge >= 0.3 is 0 Å². The Morgan fingerprint density at radius 2 is 2.33 bits per heavy atom. The standard InChI is InChI=1S/C15H19NOS/c1-11(12-6-7-17-9-12)16-8-13-10-18-15-5-3-2-4-14(13)15/h2-5,10-12,16H,6-9H2,1H3. The average Bonchev–Trinajstić information content (AvgIpc) is 3.06. The van der Waals surface area contributed by atoms with Crippen LogP contribution < -0.4 is 5.32 Å². The topological polar surface area (TPSA) is 21.3 Å². The van der Waals surface area contributed by atoms with Crippen molar-refractivity contribution in [3.05, 3.63) is 35.2 Å². The van der Waals surface area contributed by atoms with Crippen LogP contribution in [0.5, 0.6) is 0 Å². The van der Waals surface area contributed by atoms with Gasteiger partial charge in [0.05, 0.1) is 6.61 Å². The zero-order chi connectivity index (χ0) is 12.4. The van der Waals surface area contributed by atoms with Crippen LogP contribution in [0.2, 0.25) is 0 Å². The van der Waals surface area contributed by atoms with Crippen LogP contribution in [0.15, 0.2) is 29.6 Å². The van der Waals surface area contributed by atoms with Gasteiger partial charge in [-0.2, -0.15) is 0 Å². The summed E-state index contributed by atoms with van der Waals surface area (Å²) in [6, 6.07) is 9.16. The van der Waals surface area contributed by atoms with Gasteiger partial charge in [0.15, 0.2) is 0 Å². The highest BCUT2D eigenvalue weighted by atomic mass is 32.1. The molecule has 2 aromatic rings. The molecule has 1 saturated heterocycles. The quantitative estimate of drug-likeness (QED) is 0.910. The van der Waals surface area contributed by atoms with Gasteiger partial charge < -0.3 is 10.1 Å². The molecule has 0 amide bonds. The maximum atomic E-state index is 5.45. The van der Waals surface area contributed by atoms with Crippen molar-refractivity contribution in [1.82, 2.24) is 5.32 Å². The van der Waals surface area contributed by atoms with Crippen molar-refractivity contribution in [3.63, 3.8) is 0 Å². The van der Waals surface area contributed by atoms with E-state index in [0.29, 0.717) is 12.0 Å². The summed E-state index contributed by atoms with van der Waals surface area (Å²) in [6.07, 6.45) is 1.19. The minimum Gasteiger partial charge on any atom is -0.381 e. The lowest BCUT2D eigenvalue weighted by atomic mass is 10.0. The highest BCUT2D eigenvalue weighted by Gasteiger charge is 2.21. The van der Waals surface area contributed by atoms with Crippen molar-refractivity contribution in [2.75, 3.05) is 13.2 Å². The first-order valence-corrected chi connectivity index (χ1v) is 7.49. The molecule has 2 nitrogen and oxygen atoms in total. The summed E-state index contributed by atoms with van der Waals surface area (Å²) in [7, 11) is 0. The number of fused-ring (bicyclic) bond motifs is 1. The zero-order valence-corrected chi connectivity index (χ0v) is 11.5. The third-order valence-electron chi connectivity index (χ3n) is 3.85. The van der Waals surface area contributed by atoms with E-state index in [0.717, 1.165) is 19.8 Å². The van der Waals surface area contributed by atoms with Crippen molar-refractivity contribution < 1.29 is 4.74 Å². The molecule has 0 radical (unpaired) electrons. The fourth-order valence-electron chi connectivity index (χ4n) is 2.55.